The summed E-state index contributed by atoms with van der Waals surface area (Å²) in [6.07, 6.45) is 0. The van der Waals surface area contributed by atoms with Crippen LogP contribution in [0.1, 0.15) is 11.1 Å². The lowest BCUT2D eigenvalue weighted by Crippen LogP contribution is -1.83. The van der Waals surface area contributed by atoms with Gasteiger partial charge in [0.25, 0.3) is 0 Å². The second kappa shape index (κ2) is 8.14. The average Bonchev–Trinajstić information content (AvgIpc) is 2.86. The summed E-state index contributed by atoms with van der Waals surface area (Å²) >= 11 is 0. The maximum atomic E-state index is 13.3. The Labute approximate surface area is 196 Å². The highest BCUT2D eigenvalue weighted by Crippen LogP contribution is 2.31. The molecule has 2 heteroatoms. The number of halogens is 2. The molecule has 0 radical (unpaired) electrons. The van der Waals surface area contributed by atoms with E-state index in [0.717, 1.165) is 49.2 Å². The number of benzene rings is 6. The van der Waals surface area contributed by atoms with Gasteiger partial charge in [-0.05, 0) is 122 Å². The van der Waals surface area contributed by atoms with E-state index in [-0.39, 0.29) is 11.6 Å². The Morgan fingerprint density at radius 1 is 0.353 bits per heavy atom. The molecule has 0 amide bonds. The molecular weight excluding hydrogens is 422 g/mol. The van der Waals surface area contributed by atoms with Crippen LogP contribution in [0.4, 0.5) is 8.78 Å². The van der Waals surface area contributed by atoms with Gasteiger partial charge in [-0.1, -0.05) is 42.2 Å². The van der Waals surface area contributed by atoms with Crippen LogP contribution in [0.2, 0.25) is 0 Å². The van der Waals surface area contributed by atoms with E-state index < -0.39 is 0 Å². The van der Waals surface area contributed by atoms with Crippen molar-refractivity contribution in [3.8, 4) is 23.0 Å². The highest BCUT2D eigenvalue weighted by Gasteiger charge is 2.05. The molecule has 160 valence electrons. The molecule has 0 N–H and O–H groups in total. The summed E-state index contributed by atoms with van der Waals surface area (Å²) in [5.41, 5.74) is 3.76. The van der Waals surface area contributed by atoms with Gasteiger partial charge in [-0.25, -0.2) is 8.78 Å². The van der Waals surface area contributed by atoms with E-state index in [2.05, 4.69) is 66.4 Å². The second-order valence-electron chi connectivity index (χ2n) is 8.44. The third-order valence-corrected chi connectivity index (χ3v) is 6.12. The summed E-state index contributed by atoms with van der Waals surface area (Å²) in [5.74, 6) is 5.79. The Morgan fingerprint density at radius 3 is 1.47 bits per heavy atom. The van der Waals surface area contributed by atoms with E-state index in [1.165, 1.54) is 29.7 Å². The maximum Gasteiger partial charge on any atom is 0.123 e. The van der Waals surface area contributed by atoms with Crippen molar-refractivity contribution in [2.45, 2.75) is 0 Å². The third-order valence-electron chi connectivity index (χ3n) is 6.12. The predicted octanol–water partition coefficient (Wildman–Crippen LogP) is 8.49. The summed E-state index contributed by atoms with van der Waals surface area (Å²) in [6.45, 7) is 0. The Bertz CT molecular complexity index is 1750. The SMILES string of the molecule is Fc1ccc(C#Cc2ccc3cc4cc5cc(-c6ccc(F)cc6)ccc5cc4cc3c2)cc1. The van der Waals surface area contributed by atoms with Gasteiger partial charge in [-0.3, -0.25) is 0 Å². The Morgan fingerprint density at radius 2 is 0.794 bits per heavy atom. The lowest BCUT2D eigenvalue weighted by molar-refractivity contribution is 0.627. The monoisotopic (exact) mass is 440 g/mol. The Balaban J connectivity index is 1.40. The molecule has 6 aromatic rings. The zero-order chi connectivity index (χ0) is 23.1. The summed E-state index contributed by atoms with van der Waals surface area (Å²) in [7, 11) is 0. The molecule has 0 saturated heterocycles. The van der Waals surface area contributed by atoms with Crippen LogP contribution in [0.25, 0.3) is 43.4 Å². The summed E-state index contributed by atoms with van der Waals surface area (Å²) in [4.78, 5) is 0. The van der Waals surface area contributed by atoms with Gasteiger partial charge in [0.05, 0.1) is 0 Å². The van der Waals surface area contributed by atoms with Crippen molar-refractivity contribution in [1.82, 2.24) is 0 Å². The first-order valence-corrected chi connectivity index (χ1v) is 11.1. The zero-order valence-corrected chi connectivity index (χ0v) is 18.1. The minimum absolute atomic E-state index is 0.230. The van der Waals surface area contributed by atoms with Gasteiger partial charge < -0.3 is 0 Å². The fraction of sp³-hybridized carbons (Fsp3) is 0. The number of hydrogen-bond acceptors (Lipinski definition) is 0. The minimum Gasteiger partial charge on any atom is -0.207 e. The number of hydrogen-bond donors (Lipinski definition) is 0. The molecule has 0 aliphatic heterocycles. The van der Waals surface area contributed by atoms with Crippen molar-refractivity contribution in [3.05, 3.63) is 132 Å². The van der Waals surface area contributed by atoms with Gasteiger partial charge >= 0.3 is 0 Å². The molecule has 34 heavy (non-hydrogen) atoms. The molecule has 0 unspecified atom stereocenters. The molecule has 0 aromatic heterocycles. The van der Waals surface area contributed by atoms with E-state index in [1.807, 2.05) is 18.2 Å². The largest absolute Gasteiger partial charge is 0.207 e. The molecule has 0 spiro atoms. The van der Waals surface area contributed by atoms with E-state index in [0.29, 0.717) is 0 Å². The standard InChI is InChI=1S/C32H18F2/c33-31-11-4-21(5-12-31)1-2-22-3-6-25-17-30-20-28-16-24(23-9-13-32(34)14-10-23)7-8-26(28)18-29(30)19-27(25)15-22/h3-20H. The fourth-order valence-electron chi connectivity index (χ4n) is 4.33. The van der Waals surface area contributed by atoms with Gasteiger partial charge in [0.2, 0.25) is 0 Å². The molecular formula is C32H18F2. The molecule has 0 heterocycles. The third kappa shape index (κ3) is 3.89. The van der Waals surface area contributed by atoms with E-state index >= 15 is 0 Å². The lowest BCUT2D eigenvalue weighted by Gasteiger charge is -2.08. The smallest absolute Gasteiger partial charge is 0.123 e. The fourth-order valence-corrected chi connectivity index (χ4v) is 4.33. The maximum absolute atomic E-state index is 13.3. The van der Waals surface area contributed by atoms with Crippen LogP contribution >= 0.6 is 0 Å². The van der Waals surface area contributed by atoms with Crippen molar-refractivity contribution in [2.75, 3.05) is 0 Å². The average molecular weight is 440 g/mol. The highest BCUT2D eigenvalue weighted by molar-refractivity contribution is 6.05. The molecule has 0 saturated carbocycles. The van der Waals surface area contributed by atoms with Crippen molar-refractivity contribution >= 4 is 32.3 Å². The van der Waals surface area contributed by atoms with Crippen LogP contribution in [-0.2, 0) is 0 Å². The molecule has 6 aromatic carbocycles. The topological polar surface area (TPSA) is 0 Å². The highest BCUT2D eigenvalue weighted by atomic mass is 19.1. The van der Waals surface area contributed by atoms with Crippen LogP contribution in [0.3, 0.4) is 0 Å². The first-order valence-electron chi connectivity index (χ1n) is 11.1. The van der Waals surface area contributed by atoms with Gasteiger partial charge in [0.15, 0.2) is 0 Å². The van der Waals surface area contributed by atoms with Gasteiger partial charge in [0, 0.05) is 11.1 Å². The summed E-state index contributed by atoms with van der Waals surface area (Å²) in [6, 6.07) is 34.1. The van der Waals surface area contributed by atoms with Crippen molar-refractivity contribution in [2.24, 2.45) is 0 Å². The van der Waals surface area contributed by atoms with E-state index in [9.17, 15) is 8.78 Å². The molecule has 0 bridgehead atoms. The van der Waals surface area contributed by atoms with Gasteiger partial charge in [-0.15, -0.1) is 0 Å². The van der Waals surface area contributed by atoms with E-state index in [4.69, 9.17) is 0 Å². The predicted molar refractivity (Wildman–Crippen MR) is 137 cm³/mol. The van der Waals surface area contributed by atoms with Crippen LogP contribution in [0, 0.1) is 23.5 Å². The van der Waals surface area contributed by atoms with Crippen molar-refractivity contribution in [1.29, 1.82) is 0 Å². The van der Waals surface area contributed by atoms with Gasteiger partial charge in [-0.2, -0.15) is 0 Å². The first kappa shape index (κ1) is 20.1. The van der Waals surface area contributed by atoms with E-state index in [1.54, 1.807) is 12.1 Å². The molecule has 0 aliphatic carbocycles. The summed E-state index contributed by atoms with van der Waals surface area (Å²) < 4.78 is 26.4. The second-order valence-corrected chi connectivity index (χ2v) is 8.44. The molecule has 0 fully saturated rings. The Kier molecular flexibility index (Phi) is 4.82. The molecule has 0 atom stereocenters. The van der Waals surface area contributed by atoms with Crippen molar-refractivity contribution < 1.29 is 8.78 Å². The molecule has 0 nitrogen and oxygen atoms in total. The first-order chi connectivity index (χ1) is 16.6. The minimum atomic E-state index is -0.262. The quantitative estimate of drug-likeness (QED) is 0.178. The van der Waals surface area contributed by atoms with Gasteiger partial charge in [0.1, 0.15) is 11.6 Å². The Hall–Kier alpha value is -4.48. The van der Waals surface area contributed by atoms with Crippen LogP contribution in [0.5, 0.6) is 0 Å². The normalized spacial score (nSPS) is 11.0. The summed E-state index contributed by atoms with van der Waals surface area (Å²) in [5, 5.41) is 6.91. The zero-order valence-electron chi connectivity index (χ0n) is 18.1. The van der Waals surface area contributed by atoms with Crippen LogP contribution in [0.15, 0.2) is 109 Å². The number of fused-ring (bicyclic) bond motifs is 3. The van der Waals surface area contributed by atoms with Crippen LogP contribution in [-0.4, -0.2) is 0 Å². The van der Waals surface area contributed by atoms with Crippen molar-refractivity contribution in [3.63, 3.8) is 0 Å². The molecule has 6 rings (SSSR count). The lowest BCUT2D eigenvalue weighted by atomic mass is 9.96. The number of rotatable bonds is 1. The molecule has 0 aliphatic rings. The van der Waals surface area contributed by atoms with Crippen LogP contribution < -0.4 is 0 Å².